The molecule has 1 aromatic carbocycles. The number of aromatic nitrogens is 1. The van der Waals surface area contributed by atoms with Gasteiger partial charge in [0.25, 0.3) is 5.91 Å². The van der Waals surface area contributed by atoms with Crippen LogP contribution in [0.1, 0.15) is 29.3 Å². The standard InChI is InChI=1S/C18H22N2O4S/c1-5-23-16(22)8-14-10-25-18(19-14)20-15(21)9-24-17-12(3)6-11(2)7-13(17)4/h6-7,10H,5,8-9H2,1-4H3,(H,19,20,21). The van der Waals surface area contributed by atoms with E-state index in [1.807, 2.05) is 32.9 Å². The molecule has 0 unspecified atom stereocenters. The number of benzene rings is 1. The second kappa shape index (κ2) is 8.62. The first-order valence-corrected chi connectivity index (χ1v) is 8.87. The largest absolute Gasteiger partial charge is 0.483 e. The highest BCUT2D eigenvalue weighted by molar-refractivity contribution is 7.13. The van der Waals surface area contributed by atoms with Gasteiger partial charge in [0.05, 0.1) is 18.7 Å². The highest BCUT2D eigenvalue weighted by atomic mass is 32.1. The van der Waals surface area contributed by atoms with E-state index < -0.39 is 0 Å². The maximum Gasteiger partial charge on any atom is 0.311 e. The minimum atomic E-state index is -0.334. The summed E-state index contributed by atoms with van der Waals surface area (Å²) >= 11 is 1.26. The maximum atomic E-state index is 12.0. The summed E-state index contributed by atoms with van der Waals surface area (Å²) in [4.78, 5) is 27.7. The van der Waals surface area contributed by atoms with E-state index in [4.69, 9.17) is 9.47 Å². The van der Waals surface area contributed by atoms with E-state index in [9.17, 15) is 9.59 Å². The lowest BCUT2D eigenvalue weighted by Crippen LogP contribution is -2.20. The van der Waals surface area contributed by atoms with Crippen molar-refractivity contribution in [3.05, 3.63) is 39.9 Å². The van der Waals surface area contributed by atoms with Gasteiger partial charge in [-0.15, -0.1) is 11.3 Å². The van der Waals surface area contributed by atoms with Crippen LogP contribution in [0.25, 0.3) is 0 Å². The molecule has 2 aromatic rings. The number of hydrogen-bond donors (Lipinski definition) is 1. The molecule has 25 heavy (non-hydrogen) atoms. The van der Waals surface area contributed by atoms with E-state index in [2.05, 4.69) is 10.3 Å². The van der Waals surface area contributed by atoms with Crippen LogP contribution in [-0.2, 0) is 20.7 Å². The SMILES string of the molecule is CCOC(=O)Cc1csc(NC(=O)COc2c(C)cc(C)cc2C)n1. The Hall–Kier alpha value is -2.41. The summed E-state index contributed by atoms with van der Waals surface area (Å²) in [5.74, 6) is 0.0960. The predicted molar refractivity (Wildman–Crippen MR) is 97.2 cm³/mol. The van der Waals surface area contributed by atoms with Gasteiger partial charge in [0.15, 0.2) is 11.7 Å². The zero-order chi connectivity index (χ0) is 18.4. The summed E-state index contributed by atoms with van der Waals surface area (Å²) in [6.07, 6.45) is 0.0957. The zero-order valence-corrected chi connectivity index (χ0v) is 15.7. The number of aryl methyl sites for hydroxylation is 3. The Labute approximate surface area is 151 Å². The number of thiazole rings is 1. The third kappa shape index (κ3) is 5.56. The molecule has 0 spiro atoms. The number of carbonyl (C=O) groups is 2. The first kappa shape index (κ1) is 18.9. The molecule has 0 bridgehead atoms. The highest BCUT2D eigenvalue weighted by Crippen LogP contribution is 2.24. The van der Waals surface area contributed by atoms with Gasteiger partial charge in [-0.25, -0.2) is 4.98 Å². The summed E-state index contributed by atoms with van der Waals surface area (Å²) in [5.41, 5.74) is 3.72. The number of amides is 1. The van der Waals surface area contributed by atoms with Crippen molar-refractivity contribution >= 4 is 28.3 Å². The second-order valence-electron chi connectivity index (χ2n) is 5.69. The van der Waals surface area contributed by atoms with Gasteiger partial charge < -0.3 is 9.47 Å². The summed E-state index contributed by atoms with van der Waals surface area (Å²) in [6, 6.07) is 4.03. The van der Waals surface area contributed by atoms with E-state index in [0.717, 1.165) is 22.4 Å². The van der Waals surface area contributed by atoms with Crippen LogP contribution in [0.5, 0.6) is 5.75 Å². The Kier molecular flexibility index (Phi) is 6.52. The van der Waals surface area contributed by atoms with Crippen molar-refractivity contribution < 1.29 is 19.1 Å². The van der Waals surface area contributed by atoms with Crippen LogP contribution >= 0.6 is 11.3 Å². The molecule has 1 heterocycles. The van der Waals surface area contributed by atoms with E-state index >= 15 is 0 Å². The van der Waals surface area contributed by atoms with Gasteiger partial charge in [-0.3, -0.25) is 14.9 Å². The average molecular weight is 362 g/mol. The lowest BCUT2D eigenvalue weighted by Gasteiger charge is -2.12. The molecule has 0 aliphatic heterocycles. The van der Waals surface area contributed by atoms with Crippen LogP contribution in [0.2, 0.25) is 0 Å². The molecule has 0 aliphatic carbocycles. The van der Waals surface area contributed by atoms with Gasteiger partial charge >= 0.3 is 5.97 Å². The van der Waals surface area contributed by atoms with Crippen LogP contribution in [0.3, 0.4) is 0 Å². The molecule has 7 heteroatoms. The van der Waals surface area contributed by atoms with E-state index in [1.54, 1.807) is 12.3 Å². The van der Waals surface area contributed by atoms with Crippen molar-refractivity contribution in [3.63, 3.8) is 0 Å². The van der Waals surface area contributed by atoms with Gasteiger partial charge in [-0.05, 0) is 38.8 Å². The molecule has 2 rings (SSSR count). The molecule has 0 fully saturated rings. The first-order chi connectivity index (χ1) is 11.9. The Morgan fingerprint density at radius 2 is 1.88 bits per heavy atom. The number of carbonyl (C=O) groups excluding carboxylic acids is 2. The highest BCUT2D eigenvalue weighted by Gasteiger charge is 2.12. The first-order valence-electron chi connectivity index (χ1n) is 7.99. The van der Waals surface area contributed by atoms with Crippen molar-refractivity contribution in [1.29, 1.82) is 0 Å². The van der Waals surface area contributed by atoms with E-state index in [0.29, 0.717) is 17.4 Å². The molecule has 1 N–H and O–H groups in total. The van der Waals surface area contributed by atoms with Gasteiger partial charge in [0.1, 0.15) is 5.75 Å². The molecule has 134 valence electrons. The number of nitrogens with one attached hydrogen (secondary N) is 1. The number of nitrogens with zero attached hydrogens (tertiary/aromatic N) is 1. The van der Waals surface area contributed by atoms with E-state index in [1.165, 1.54) is 11.3 Å². The van der Waals surface area contributed by atoms with Crippen LogP contribution < -0.4 is 10.1 Å². The monoisotopic (exact) mass is 362 g/mol. The fourth-order valence-corrected chi connectivity index (χ4v) is 3.22. The van der Waals surface area contributed by atoms with Crippen molar-refractivity contribution in [2.24, 2.45) is 0 Å². The summed E-state index contributed by atoms with van der Waals surface area (Å²) < 4.78 is 10.5. The molecule has 0 saturated carbocycles. The van der Waals surface area contributed by atoms with Crippen molar-refractivity contribution in [2.45, 2.75) is 34.1 Å². The number of hydrogen-bond acceptors (Lipinski definition) is 6. The van der Waals surface area contributed by atoms with Crippen LogP contribution in [0, 0.1) is 20.8 Å². The predicted octanol–water partition coefficient (Wildman–Crippen LogP) is 3.19. The molecule has 0 radical (unpaired) electrons. The van der Waals surface area contributed by atoms with Crippen LogP contribution in [-0.4, -0.2) is 30.1 Å². The average Bonchev–Trinajstić information content (AvgIpc) is 2.93. The normalized spacial score (nSPS) is 10.4. The smallest absolute Gasteiger partial charge is 0.311 e. The fourth-order valence-electron chi connectivity index (χ4n) is 2.49. The number of rotatable bonds is 7. The third-order valence-corrected chi connectivity index (χ3v) is 4.19. The summed E-state index contributed by atoms with van der Waals surface area (Å²) in [6.45, 7) is 7.92. The quantitative estimate of drug-likeness (QED) is 0.766. The zero-order valence-electron chi connectivity index (χ0n) is 14.8. The Bertz CT molecular complexity index is 747. The molecular weight excluding hydrogens is 340 g/mol. The maximum absolute atomic E-state index is 12.0. The molecular formula is C18H22N2O4S. The molecule has 6 nitrogen and oxygen atoms in total. The fraction of sp³-hybridized carbons (Fsp3) is 0.389. The topological polar surface area (TPSA) is 77.5 Å². The summed E-state index contributed by atoms with van der Waals surface area (Å²) in [7, 11) is 0. The Morgan fingerprint density at radius 3 is 2.52 bits per heavy atom. The molecule has 0 aliphatic rings. The molecule has 1 aromatic heterocycles. The molecule has 0 saturated heterocycles. The number of esters is 1. The number of ether oxygens (including phenoxy) is 2. The van der Waals surface area contributed by atoms with Crippen LogP contribution in [0.15, 0.2) is 17.5 Å². The minimum absolute atomic E-state index is 0.0957. The lowest BCUT2D eigenvalue weighted by molar-refractivity contribution is -0.142. The van der Waals surface area contributed by atoms with Gasteiger partial charge in [-0.2, -0.15) is 0 Å². The molecule has 0 atom stereocenters. The third-order valence-electron chi connectivity index (χ3n) is 3.38. The van der Waals surface area contributed by atoms with Gasteiger partial charge in [0.2, 0.25) is 0 Å². The van der Waals surface area contributed by atoms with Crippen molar-refractivity contribution in [3.8, 4) is 5.75 Å². The van der Waals surface area contributed by atoms with Crippen molar-refractivity contribution in [2.75, 3.05) is 18.5 Å². The number of anilines is 1. The van der Waals surface area contributed by atoms with E-state index in [-0.39, 0.29) is 24.9 Å². The summed E-state index contributed by atoms with van der Waals surface area (Å²) in [5, 5.41) is 4.84. The Morgan fingerprint density at radius 1 is 1.20 bits per heavy atom. The van der Waals surface area contributed by atoms with Gasteiger partial charge in [-0.1, -0.05) is 17.7 Å². The minimum Gasteiger partial charge on any atom is -0.483 e. The Balaban J connectivity index is 1.89. The molecule has 1 amide bonds. The van der Waals surface area contributed by atoms with Crippen LogP contribution in [0.4, 0.5) is 5.13 Å². The van der Waals surface area contributed by atoms with Crippen molar-refractivity contribution in [1.82, 2.24) is 4.98 Å². The van der Waals surface area contributed by atoms with Gasteiger partial charge in [0, 0.05) is 5.38 Å². The second-order valence-corrected chi connectivity index (χ2v) is 6.55. The lowest BCUT2D eigenvalue weighted by atomic mass is 10.1.